The van der Waals surface area contributed by atoms with E-state index in [1.54, 1.807) is 38.1 Å². The molecule has 2 unspecified atom stereocenters. The zero-order chi connectivity index (χ0) is 21.4. The van der Waals surface area contributed by atoms with Crippen molar-refractivity contribution >= 4 is 21.6 Å². The zero-order valence-corrected chi connectivity index (χ0v) is 17.2. The van der Waals surface area contributed by atoms with Crippen LogP contribution in [0.5, 0.6) is 5.75 Å². The number of carbonyl (C=O) groups is 1. The lowest BCUT2D eigenvalue weighted by atomic mass is 10.2. The molecule has 0 bridgehead atoms. The Morgan fingerprint density at radius 3 is 2.48 bits per heavy atom. The highest BCUT2D eigenvalue weighted by molar-refractivity contribution is 7.89. The fourth-order valence-corrected chi connectivity index (χ4v) is 3.70. The lowest BCUT2D eigenvalue weighted by Gasteiger charge is -2.16. The summed E-state index contributed by atoms with van der Waals surface area (Å²) in [4.78, 5) is 12.4. The number of methoxy groups -OCH3 is 1. The van der Waals surface area contributed by atoms with E-state index in [9.17, 15) is 13.2 Å². The van der Waals surface area contributed by atoms with Crippen molar-refractivity contribution in [3.63, 3.8) is 0 Å². The first-order valence-corrected chi connectivity index (χ1v) is 10.3. The molecular weight excluding hydrogens is 394 g/mol. The standard InChI is InChI=1S/C20H23N3O5S/c1-14(13-27-3)23-29(25,26)19-9-7-17(8-10-19)22-20(24)15(2)28-18-6-4-5-16(11-18)12-21/h4-11,14-15,23H,13H2,1-3H3,(H,22,24). The number of nitrogens with one attached hydrogen (secondary N) is 2. The maximum Gasteiger partial charge on any atom is 0.265 e. The molecule has 9 heteroatoms. The minimum Gasteiger partial charge on any atom is -0.481 e. The molecule has 0 fully saturated rings. The topological polar surface area (TPSA) is 118 Å². The summed E-state index contributed by atoms with van der Waals surface area (Å²) in [7, 11) is -2.19. The van der Waals surface area contributed by atoms with E-state index in [1.807, 2.05) is 6.07 Å². The fourth-order valence-electron chi connectivity index (χ4n) is 2.47. The van der Waals surface area contributed by atoms with E-state index in [2.05, 4.69) is 10.0 Å². The summed E-state index contributed by atoms with van der Waals surface area (Å²) in [5.74, 6) is -0.000737. The Bertz CT molecular complexity index is 984. The number of hydrogen-bond acceptors (Lipinski definition) is 6. The van der Waals surface area contributed by atoms with Gasteiger partial charge in [-0.05, 0) is 56.3 Å². The van der Waals surface area contributed by atoms with Crippen molar-refractivity contribution in [2.75, 3.05) is 19.0 Å². The van der Waals surface area contributed by atoms with E-state index in [0.717, 1.165) is 0 Å². The highest BCUT2D eigenvalue weighted by Crippen LogP contribution is 2.17. The highest BCUT2D eigenvalue weighted by Gasteiger charge is 2.18. The summed E-state index contributed by atoms with van der Waals surface area (Å²) in [6.07, 6.45) is -0.816. The number of sulfonamides is 1. The van der Waals surface area contributed by atoms with Gasteiger partial charge in [0.05, 0.1) is 23.1 Å². The number of rotatable bonds is 9. The summed E-state index contributed by atoms with van der Waals surface area (Å²) >= 11 is 0. The Labute approximate surface area is 170 Å². The third-order valence-corrected chi connectivity index (χ3v) is 5.46. The van der Waals surface area contributed by atoms with Crippen molar-refractivity contribution in [3.8, 4) is 11.8 Å². The minimum absolute atomic E-state index is 0.0797. The Hall–Kier alpha value is -2.93. The Kier molecular flexibility index (Phi) is 7.73. The van der Waals surface area contributed by atoms with Crippen molar-refractivity contribution in [1.82, 2.24) is 4.72 Å². The molecule has 0 aliphatic rings. The van der Waals surface area contributed by atoms with Gasteiger partial charge in [0, 0.05) is 18.8 Å². The molecule has 1 amide bonds. The molecule has 2 aromatic rings. The van der Waals surface area contributed by atoms with Gasteiger partial charge in [-0.3, -0.25) is 4.79 Å². The van der Waals surface area contributed by atoms with Gasteiger partial charge in [-0.2, -0.15) is 5.26 Å². The Morgan fingerprint density at radius 1 is 1.17 bits per heavy atom. The molecule has 2 N–H and O–H groups in total. The summed E-state index contributed by atoms with van der Waals surface area (Å²) < 4.78 is 37.6. The van der Waals surface area contributed by atoms with Gasteiger partial charge in [-0.25, -0.2) is 13.1 Å². The van der Waals surface area contributed by atoms with Crippen LogP contribution in [0.3, 0.4) is 0 Å². The van der Waals surface area contributed by atoms with Crippen LogP contribution in [0.1, 0.15) is 19.4 Å². The molecular formula is C20H23N3O5S. The van der Waals surface area contributed by atoms with Crippen molar-refractivity contribution in [3.05, 3.63) is 54.1 Å². The van der Waals surface area contributed by atoms with Gasteiger partial charge in [0.1, 0.15) is 5.75 Å². The van der Waals surface area contributed by atoms with Crippen molar-refractivity contribution in [2.24, 2.45) is 0 Å². The van der Waals surface area contributed by atoms with Gasteiger partial charge < -0.3 is 14.8 Å². The number of carbonyl (C=O) groups excluding carboxylic acids is 1. The fraction of sp³-hybridized carbons (Fsp3) is 0.300. The van der Waals surface area contributed by atoms with Gasteiger partial charge in [-0.1, -0.05) is 6.07 Å². The third-order valence-electron chi connectivity index (χ3n) is 3.85. The summed E-state index contributed by atoms with van der Waals surface area (Å²) in [5.41, 5.74) is 0.862. The van der Waals surface area contributed by atoms with Crippen LogP contribution in [0.15, 0.2) is 53.4 Å². The van der Waals surface area contributed by atoms with E-state index in [1.165, 1.54) is 31.4 Å². The predicted molar refractivity (Wildman–Crippen MR) is 108 cm³/mol. The number of amides is 1. The van der Waals surface area contributed by atoms with Crippen LogP contribution in [0.25, 0.3) is 0 Å². The Morgan fingerprint density at radius 2 is 1.86 bits per heavy atom. The van der Waals surface area contributed by atoms with E-state index in [4.69, 9.17) is 14.7 Å². The second-order valence-electron chi connectivity index (χ2n) is 6.39. The SMILES string of the molecule is COCC(C)NS(=O)(=O)c1ccc(NC(=O)C(C)Oc2cccc(C#N)c2)cc1. The van der Waals surface area contributed by atoms with Crippen LogP contribution in [-0.2, 0) is 19.6 Å². The lowest BCUT2D eigenvalue weighted by Crippen LogP contribution is -2.35. The van der Waals surface area contributed by atoms with E-state index in [-0.39, 0.29) is 17.5 Å². The minimum atomic E-state index is -3.68. The molecule has 0 spiro atoms. The molecule has 154 valence electrons. The van der Waals surface area contributed by atoms with Gasteiger partial charge in [0.2, 0.25) is 10.0 Å². The smallest absolute Gasteiger partial charge is 0.265 e. The summed E-state index contributed by atoms with van der Waals surface area (Å²) in [6, 6.07) is 13.9. The number of nitrogens with zero attached hydrogens (tertiary/aromatic N) is 1. The molecule has 8 nitrogen and oxygen atoms in total. The van der Waals surface area contributed by atoms with E-state index < -0.39 is 22.0 Å². The second-order valence-corrected chi connectivity index (χ2v) is 8.11. The molecule has 0 aliphatic carbocycles. The molecule has 29 heavy (non-hydrogen) atoms. The maximum absolute atomic E-state index is 12.3. The molecule has 0 aromatic heterocycles. The number of benzene rings is 2. The van der Waals surface area contributed by atoms with E-state index in [0.29, 0.717) is 17.0 Å². The number of nitriles is 1. The van der Waals surface area contributed by atoms with Crippen LogP contribution in [0.4, 0.5) is 5.69 Å². The van der Waals surface area contributed by atoms with Crippen LogP contribution in [0.2, 0.25) is 0 Å². The van der Waals surface area contributed by atoms with Crippen molar-refractivity contribution in [2.45, 2.75) is 30.9 Å². The molecule has 0 heterocycles. The summed E-state index contributed by atoms with van der Waals surface area (Å²) in [5, 5.41) is 11.6. The molecule has 0 radical (unpaired) electrons. The normalized spacial score (nSPS) is 13.2. The third kappa shape index (κ3) is 6.57. The van der Waals surface area contributed by atoms with Crippen LogP contribution in [0, 0.1) is 11.3 Å². The lowest BCUT2D eigenvalue weighted by molar-refractivity contribution is -0.122. The van der Waals surface area contributed by atoms with Crippen LogP contribution in [-0.4, -0.2) is 40.2 Å². The molecule has 2 rings (SSSR count). The average molecular weight is 417 g/mol. The molecule has 2 atom stereocenters. The van der Waals surface area contributed by atoms with Gasteiger partial charge in [-0.15, -0.1) is 0 Å². The maximum atomic E-state index is 12.3. The first-order valence-electron chi connectivity index (χ1n) is 8.84. The average Bonchev–Trinajstić information content (AvgIpc) is 2.68. The van der Waals surface area contributed by atoms with Gasteiger partial charge in [0.25, 0.3) is 5.91 Å². The zero-order valence-electron chi connectivity index (χ0n) is 16.4. The second kappa shape index (κ2) is 10.0. The largest absolute Gasteiger partial charge is 0.481 e. The first-order chi connectivity index (χ1) is 13.7. The van der Waals surface area contributed by atoms with E-state index >= 15 is 0 Å². The van der Waals surface area contributed by atoms with Crippen LogP contribution >= 0.6 is 0 Å². The van der Waals surface area contributed by atoms with Crippen molar-refractivity contribution in [1.29, 1.82) is 5.26 Å². The number of ether oxygens (including phenoxy) is 2. The number of anilines is 1. The number of hydrogen-bond donors (Lipinski definition) is 2. The molecule has 0 aliphatic heterocycles. The van der Waals surface area contributed by atoms with Crippen molar-refractivity contribution < 1.29 is 22.7 Å². The predicted octanol–water partition coefficient (Wildman–Crippen LogP) is 2.28. The summed E-state index contributed by atoms with van der Waals surface area (Å²) in [6.45, 7) is 3.53. The monoisotopic (exact) mass is 417 g/mol. The van der Waals surface area contributed by atoms with Gasteiger partial charge >= 0.3 is 0 Å². The quantitative estimate of drug-likeness (QED) is 0.646. The van der Waals surface area contributed by atoms with Gasteiger partial charge in [0.15, 0.2) is 6.10 Å². The molecule has 0 saturated heterocycles. The highest BCUT2D eigenvalue weighted by atomic mass is 32.2. The Balaban J connectivity index is 1.99. The first kappa shape index (κ1) is 22.4. The molecule has 2 aromatic carbocycles. The molecule has 0 saturated carbocycles. The van der Waals surface area contributed by atoms with Crippen LogP contribution < -0.4 is 14.8 Å².